The molecule has 4 rings (SSSR count). The maximum Gasteiger partial charge on any atom is 0.258 e. The number of nitrogens with zero attached hydrogens (tertiary/aromatic N) is 2. The average molecular weight is 370 g/mol. The first-order chi connectivity index (χ1) is 13.6. The van der Waals surface area contributed by atoms with Crippen molar-refractivity contribution in [1.82, 2.24) is 0 Å². The SMILES string of the molecule is C[C@@H]1[C@@H](C)N(C(=O)c2ccccc2)c2ccccc2N1C(=O)c1ccccc1. The van der Waals surface area contributed by atoms with Gasteiger partial charge in [0.15, 0.2) is 0 Å². The lowest BCUT2D eigenvalue weighted by molar-refractivity contribution is 0.0939. The summed E-state index contributed by atoms with van der Waals surface area (Å²) in [4.78, 5) is 30.2. The van der Waals surface area contributed by atoms with Crippen LogP contribution in [-0.2, 0) is 0 Å². The highest BCUT2D eigenvalue weighted by Crippen LogP contribution is 2.39. The minimum atomic E-state index is -0.171. The van der Waals surface area contributed by atoms with Crippen LogP contribution in [-0.4, -0.2) is 23.9 Å². The van der Waals surface area contributed by atoms with Crippen molar-refractivity contribution in [3.05, 3.63) is 96.1 Å². The van der Waals surface area contributed by atoms with E-state index < -0.39 is 0 Å². The quantitative estimate of drug-likeness (QED) is 0.652. The fourth-order valence-corrected chi connectivity index (χ4v) is 3.77. The van der Waals surface area contributed by atoms with Crippen LogP contribution in [0.5, 0.6) is 0 Å². The molecule has 1 heterocycles. The maximum absolute atomic E-state index is 13.3. The zero-order valence-corrected chi connectivity index (χ0v) is 15.9. The second-order valence-corrected chi connectivity index (χ2v) is 7.05. The molecule has 0 aromatic heterocycles. The molecule has 3 aromatic rings. The van der Waals surface area contributed by atoms with E-state index >= 15 is 0 Å². The predicted molar refractivity (Wildman–Crippen MR) is 112 cm³/mol. The van der Waals surface area contributed by atoms with E-state index in [1.165, 1.54) is 0 Å². The first-order valence-corrected chi connectivity index (χ1v) is 9.46. The summed E-state index contributed by atoms with van der Waals surface area (Å²) >= 11 is 0. The van der Waals surface area contributed by atoms with Crippen molar-refractivity contribution in [3.8, 4) is 0 Å². The third-order valence-electron chi connectivity index (χ3n) is 5.39. The van der Waals surface area contributed by atoms with Crippen LogP contribution in [0.2, 0.25) is 0 Å². The van der Waals surface area contributed by atoms with E-state index in [1.807, 2.05) is 109 Å². The Balaban J connectivity index is 1.80. The van der Waals surface area contributed by atoms with Gasteiger partial charge in [0.05, 0.1) is 23.5 Å². The molecular weight excluding hydrogens is 348 g/mol. The van der Waals surface area contributed by atoms with Crippen molar-refractivity contribution in [3.63, 3.8) is 0 Å². The third-order valence-corrected chi connectivity index (χ3v) is 5.39. The van der Waals surface area contributed by atoms with E-state index in [1.54, 1.807) is 0 Å². The van der Waals surface area contributed by atoms with Crippen molar-refractivity contribution in [2.75, 3.05) is 9.80 Å². The summed E-state index contributed by atoms with van der Waals surface area (Å²) in [6, 6.07) is 25.8. The molecule has 1 aliphatic rings. The zero-order valence-electron chi connectivity index (χ0n) is 15.9. The lowest BCUT2D eigenvalue weighted by atomic mass is 9.98. The van der Waals surface area contributed by atoms with Crippen molar-refractivity contribution < 1.29 is 9.59 Å². The lowest BCUT2D eigenvalue weighted by Crippen LogP contribution is -2.57. The molecule has 140 valence electrons. The fourth-order valence-electron chi connectivity index (χ4n) is 3.77. The van der Waals surface area contributed by atoms with Crippen molar-refractivity contribution in [2.45, 2.75) is 25.9 Å². The lowest BCUT2D eigenvalue weighted by Gasteiger charge is -2.45. The van der Waals surface area contributed by atoms with Crippen molar-refractivity contribution in [1.29, 1.82) is 0 Å². The molecule has 2 amide bonds. The van der Waals surface area contributed by atoms with Gasteiger partial charge < -0.3 is 9.80 Å². The molecule has 1 aliphatic heterocycles. The number of carbonyl (C=O) groups is 2. The number of para-hydroxylation sites is 2. The number of anilines is 2. The van der Waals surface area contributed by atoms with Gasteiger partial charge in [0, 0.05) is 11.1 Å². The molecule has 3 aromatic carbocycles. The van der Waals surface area contributed by atoms with Gasteiger partial charge in [-0.25, -0.2) is 0 Å². The number of benzene rings is 3. The third kappa shape index (κ3) is 2.97. The molecule has 0 radical (unpaired) electrons. The molecule has 0 saturated carbocycles. The Bertz CT molecular complexity index is 919. The van der Waals surface area contributed by atoms with Gasteiger partial charge in [0.1, 0.15) is 0 Å². The van der Waals surface area contributed by atoms with Crippen LogP contribution in [0, 0.1) is 0 Å². The Morgan fingerprint density at radius 2 is 0.893 bits per heavy atom. The Hall–Kier alpha value is -3.40. The summed E-state index contributed by atoms with van der Waals surface area (Å²) in [5, 5.41) is 0. The van der Waals surface area contributed by atoms with Crippen LogP contribution >= 0.6 is 0 Å². The molecule has 0 fully saturated rings. The van der Waals surface area contributed by atoms with Crippen LogP contribution < -0.4 is 9.80 Å². The first-order valence-electron chi connectivity index (χ1n) is 9.46. The summed E-state index contributed by atoms with van der Waals surface area (Å²) in [6.45, 7) is 3.99. The summed E-state index contributed by atoms with van der Waals surface area (Å²) in [7, 11) is 0. The predicted octanol–water partition coefficient (Wildman–Crippen LogP) is 4.77. The van der Waals surface area contributed by atoms with Gasteiger partial charge >= 0.3 is 0 Å². The van der Waals surface area contributed by atoms with E-state index in [2.05, 4.69) is 0 Å². The van der Waals surface area contributed by atoms with Crippen LogP contribution in [0.1, 0.15) is 34.6 Å². The van der Waals surface area contributed by atoms with Gasteiger partial charge in [-0.2, -0.15) is 0 Å². The van der Waals surface area contributed by atoms with E-state index in [9.17, 15) is 9.59 Å². The van der Waals surface area contributed by atoms with E-state index in [-0.39, 0.29) is 23.9 Å². The minimum absolute atomic E-state index is 0.0563. The van der Waals surface area contributed by atoms with Crippen LogP contribution in [0.15, 0.2) is 84.9 Å². The second kappa shape index (κ2) is 7.31. The summed E-state index contributed by atoms with van der Waals surface area (Å²) in [5.74, 6) is -0.113. The molecule has 28 heavy (non-hydrogen) atoms. The first kappa shape index (κ1) is 18.0. The van der Waals surface area contributed by atoms with Gasteiger partial charge in [-0.15, -0.1) is 0 Å². The summed E-state index contributed by atoms with van der Waals surface area (Å²) in [6.07, 6.45) is 0. The normalized spacial score (nSPS) is 18.5. The highest BCUT2D eigenvalue weighted by atomic mass is 16.2. The number of hydrogen-bond donors (Lipinski definition) is 0. The highest BCUT2D eigenvalue weighted by molar-refractivity contribution is 6.14. The van der Waals surface area contributed by atoms with Crippen LogP contribution in [0.25, 0.3) is 0 Å². The molecule has 0 N–H and O–H groups in total. The molecule has 0 spiro atoms. The average Bonchev–Trinajstić information content (AvgIpc) is 2.75. The van der Waals surface area contributed by atoms with E-state index in [0.29, 0.717) is 11.1 Å². The number of fused-ring (bicyclic) bond motifs is 1. The van der Waals surface area contributed by atoms with Crippen LogP contribution in [0.4, 0.5) is 11.4 Å². The number of hydrogen-bond acceptors (Lipinski definition) is 2. The van der Waals surface area contributed by atoms with Crippen LogP contribution in [0.3, 0.4) is 0 Å². The monoisotopic (exact) mass is 370 g/mol. The fraction of sp³-hybridized carbons (Fsp3) is 0.167. The molecular formula is C24H22N2O2. The molecule has 0 saturated heterocycles. The van der Waals surface area contributed by atoms with Gasteiger partial charge in [0.2, 0.25) is 0 Å². The topological polar surface area (TPSA) is 40.6 Å². The molecule has 0 bridgehead atoms. The maximum atomic E-state index is 13.3. The summed E-state index contributed by atoms with van der Waals surface area (Å²) < 4.78 is 0. The minimum Gasteiger partial charge on any atom is -0.301 e. The Kier molecular flexibility index (Phi) is 4.70. The van der Waals surface area contributed by atoms with Crippen molar-refractivity contribution >= 4 is 23.2 Å². The van der Waals surface area contributed by atoms with Gasteiger partial charge in [-0.3, -0.25) is 9.59 Å². The van der Waals surface area contributed by atoms with E-state index in [4.69, 9.17) is 0 Å². The largest absolute Gasteiger partial charge is 0.301 e. The van der Waals surface area contributed by atoms with Gasteiger partial charge in [0.25, 0.3) is 11.8 Å². The second-order valence-electron chi connectivity index (χ2n) is 7.05. The standard InChI is InChI=1S/C24H22N2O2/c1-17-18(2)26(24(28)20-13-7-4-8-14-20)22-16-10-9-15-21(22)25(17)23(27)19-11-5-3-6-12-19/h3-18H,1-2H3/t17-,18-/m1/s1. The van der Waals surface area contributed by atoms with Crippen molar-refractivity contribution in [2.24, 2.45) is 0 Å². The van der Waals surface area contributed by atoms with Gasteiger partial charge in [-0.1, -0.05) is 48.5 Å². The Morgan fingerprint density at radius 3 is 1.25 bits per heavy atom. The molecule has 0 unspecified atom stereocenters. The Morgan fingerprint density at radius 1 is 0.571 bits per heavy atom. The number of amides is 2. The smallest absolute Gasteiger partial charge is 0.258 e. The molecule has 2 atom stereocenters. The van der Waals surface area contributed by atoms with Gasteiger partial charge in [-0.05, 0) is 50.2 Å². The molecule has 0 aliphatic carbocycles. The summed E-state index contributed by atoms with van der Waals surface area (Å²) in [5.41, 5.74) is 2.79. The highest BCUT2D eigenvalue weighted by Gasteiger charge is 2.40. The Labute approximate surface area is 165 Å². The zero-order chi connectivity index (χ0) is 19.7. The number of carbonyl (C=O) groups excluding carboxylic acids is 2. The molecule has 4 nitrogen and oxygen atoms in total. The molecule has 4 heteroatoms. The number of rotatable bonds is 2. The van der Waals surface area contributed by atoms with E-state index in [0.717, 1.165) is 11.4 Å².